The van der Waals surface area contributed by atoms with E-state index in [0.29, 0.717) is 0 Å². The quantitative estimate of drug-likeness (QED) is 0.542. The van der Waals surface area contributed by atoms with Gasteiger partial charge in [-0.15, -0.1) is 0 Å². The second-order valence-corrected chi connectivity index (χ2v) is 14.6. The lowest BCUT2D eigenvalue weighted by Gasteiger charge is -2.67. The van der Waals surface area contributed by atoms with Crippen molar-refractivity contribution in [3.8, 4) is 0 Å². The van der Waals surface area contributed by atoms with Crippen molar-refractivity contribution < 1.29 is 4.74 Å². The standard InChI is InChI=1S/C23H37OP/c1-24-2-3-25(22-10-16-4-17(11-22)6-18(5-16)12-22)23-13-19-7-20(14-23)9-21(8-19)15-23/h16-21H,2-15H2,1H3. The number of hydrogen-bond acceptors (Lipinski definition) is 1. The normalized spacial score (nSPS) is 56.5. The summed E-state index contributed by atoms with van der Waals surface area (Å²) >= 11 is 0. The van der Waals surface area contributed by atoms with Crippen LogP contribution in [0.5, 0.6) is 0 Å². The van der Waals surface area contributed by atoms with E-state index >= 15 is 0 Å². The van der Waals surface area contributed by atoms with Crippen LogP contribution in [0, 0.1) is 35.5 Å². The second kappa shape index (κ2) is 5.70. The SMILES string of the molecule is COCCP(C12CC3CC(CC(C3)C1)C2)C12CC3CC(CC(C3)C1)C2. The van der Waals surface area contributed by atoms with E-state index < -0.39 is 0 Å². The third-order valence-corrected chi connectivity index (χ3v) is 13.7. The summed E-state index contributed by atoms with van der Waals surface area (Å²) in [7, 11) is 2.11. The fourth-order valence-corrected chi connectivity index (χ4v) is 15.1. The van der Waals surface area contributed by atoms with Gasteiger partial charge in [-0.2, -0.15) is 0 Å². The van der Waals surface area contributed by atoms with Crippen molar-refractivity contribution in [3.05, 3.63) is 0 Å². The molecule has 8 bridgehead atoms. The maximum atomic E-state index is 5.71. The van der Waals surface area contributed by atoms with E-state index in [9.17, 15) is 0 Å². The molecule has 0 radical (unpaired) electrons. The molecule has 2 heteroatoms. The van der Waals surface area contributed by atoms with Crippen molar-refractivity contribution in [2.75, 3.05) is 19.9 Å². The molecule has 1 nitrogen and oxygen atoms in total. The highest BCUT2D eigenvalue weighted by molar-refractivity contribution is 7.61. The van der Waals surface area contributed by atoms with E-state index in [4.69, 9.17) is 4.74 Å². The van der Waals surface area contributed by atoms with Gasteiger partial charge in [-0.3, -0.25) is 0 Å². The second-order valence-electron chi connectivity index (χ2n) is 11.4. The molecule has 8 fully saturated rings. The van der Waals surface area contributed by atoms with Crippen molar-refractivity contribution in [2.45, 2.75) is 87.4 Å². The molecule has 0 aromatic heterocycles. The Balaban J connectivity index is 1.37. The summed E-state index contributed by atoms with van der Waals surface area (Å²) in [5.41, 5.74) is 0. The fourth-order valence-electron chi connectivity index (χ4n) is 9.95. The summed E-state index contributed by atoms with van der Waals surface area (Å²) in [6.07, 6.45) is 20.9. The van der Waals surface area contributed by atoms with E-state index in [2.05, 4.69) is 0 Å². The van der Waals surface area contributed by atoms with Gasteiger partial charge in [-0.25, -0.2) is 0 Å². The maximum Gasteiger partial charge on any atom is 0.0501 e. The van der Waals surface area contributed by atoms with Gasteiger partial charge in [0.2, 0.25) is 0 Å². The van der Waals surface area contributed by atoms with E-state index in [1.165, 1.54) is 6.16 Å². The van der Waals surface area contributed by atoms with Crippen molar-refractivity contribution in [1.82, 2.24) is 0 Å². The Hall–Kier alpha value is 0.390. The van der Waals surface area contributed by atoms with Crippen LogP contribution in [0.15, 0.2) is 0 Å². The minimum Gasteiger partial charge on any atom is -0.384 e. The van der Waals surface area contributed by atoms with Gasteiger partial charge >= 0.3 is 0 Å². The van der Waals surface area contributed by atoms with Gasteiger partial charge in [0.1, 0.15) is 0 Å². The summed E-state index contributed by atoms with van der Waals surface area (Å²) < 4.78 is 5.71. The topological polar surface area (TPSA) is 9.23 Å². The Bertz CT molecular complexity index is 426. The first-order valence-electron chi connectivity index (χ1n) is 11.4. The van der Waals surface area contributed by atoms with Crippen LogP contribution >= 0.6 is 7.92 Å². The van der Waals surface area contributed by atoms with Crippen LogP contribution < -0.4 is 0 Å². The average Bonchev–Trinajstić information content (AvgIpc) is 2.52. The van der Waals surface area contributed by atoms with Crippen LogP contribution in [-0.4, -0.2) is 30.2 Å². The molecule has 8 aliphatic rings. The minimum absolute atomic E-state index is 0.160. The molecule has 0 amide bonds. The van der Waals surface area contributed by atoms with Crippen molar-refractivity contribution in [2.24, 2.45) is 35.5 Å². The Morgan fingerprint density at radius 1 is 0.640 bits per heavy atom. The van der Waals surface area contributed by atoms with Crippen LogP contribution in [0.1, 0.15) is 77.0 Å². The van der Waals surface area contributed by atoms with E-state index in [1.54, 1.807) is 77.0 Å². The molecule has 140 valence electrons. The summed E-state index contributed by atoms with van der Waals surface area (Å²) in [5.74, 6) is 6.71. The molecular formula is C23H37OP. The van der Waals surface area contributed by atoms with Gasteiger partial charge < -0.3 is 4.74 Å². The lowest BCUT2D eigenvalue weighted by atomic mass is 9.55. The van der Waals surface area contributed by atoms with Crippen molar-refractivity contribution in [3.63, 3.8) is 0 Å². The molecule has 8 aliphatic carbocycles. The lowest BCUT2D eigenvalue weighted by Crippen LogP contribution is -2.57. The fraction of sp³-hybridized carbons (Fsp3) is 1.00. The molecule has 8 saturated carbocycles. The minimum atomic E-state index is 0.160. The first-order chi connectivity index (χ1) is 12.2. The summed E-state index contributed by atoms with van der Waals surface area (Å²) in [6.45, 7) is 1.05. The molecule has 0 saturated heterocycles. The molecule has 0 N–H and O–H groups in total. The molecule has 8 rings (SSSR count). The third kappa shape index (κ3) is 2.47. The van der Waals surface area contributed by atoms with Gasteiger partial charge in [0.25, 0.3) is 0 Å². The molecule has 0 heterocycles. The van der Waals surface area contributed by atoms with Crippen LogP contribution in [0.3, 0.4) is 0 Å². The van der Waals surface area contributed by atoms with Crippen LogP contribution in [0.2, 0.25) is 0 Å². The van der Waals surface area contributed by atoms with Crippen molar-refractivity contribution >= 4 is 7.92 Å². The molecule has 0 aliphatic heterocycles. The number of hydrogen-bond donors (Lipinski definition) is 0. The Morgan fingerprint density at radius 3 is 1.24 bits per heavy atom. The summed E-state index contributed by atoms with van der Waals surface area (Å²) in [4.78, 5) is 0. The van der Waals surface area contributed by atoms with E-state index in [0.717, 1.165) is 52.4 Å². The zero-order valence-corrected chi connectivity index (χ0v) is 17.1. The molecule has 0 aromatic carbocycles. The predicted octanol–water partition coefficient (Wildman–Crippen LogP) is 6.05. The average molecular weight is 361 g/mol. The maximum absolute atomic E-state index is 5.71. The van der Waals surface area contributed by atoms with Gasteiger partial charge in [0, 0.05) is 7.11 Å². The number of rotatable bonds is 5. The Labute approximate surface area is 155 Å². The summed E-state index contributed by atoms with van der Waals surface area (Å²) in [6, 6.07) is 0. The van der Waals surface area contributed by atoms with Crippen LogP contribution in [-0.2, 0) is 4.74 Å². The summed E-state index contributed by atoms with van der Waals surface area (Å²) in [5, 5.41) is 1.60. The van der Waals surface area contributed by atoms with Gasteiger partial charge in [0.05, 0.1) is 6.61 Å². The predicted molar refractivity (Wildman–Crippen MR) is 105 cm³/mol. The highest BCUT2D eigenvalue weighted by Gasteiger charge is 2.62. The molecule has 0 unspecified atom stereocenters. The highest BCUT2D eigenvalue weighted by Crippen LogP contribution is 2.78. The first kappa shape index (κ1) is 16.4. The lowest BCUT2D eigenvalue weighted by molar-refractivity contribution is 0.0181. The molecule has 0 spiro atoms. The Morgan fingerprint density at radius 2 is 0.960 bits per heavy atom. The van der Waals surface area contributed by atoms with Gasteiger partial charge in [-0.1, -0.05) is 7.92 Å². The number of ether oxygens (including phenoxy) is 1. The zero-order chi connectivity index (χ0) is 16.6. The highest BCUT2D eigenvalue weighted by atomic mass is 31.1. The van der Waals surface area contributed by atoms with Crippen LogP contribution in [0.4, 0.5) is 0 Å². The molecule has 25 heavy (non-hydrogen) atoms. The molecule has 0 atom stereocenters. The first-order valence-corrected chi connectivity index (χ1v) is 13.0. The smallest absolute Gasteiger partial charge is 0.0501 e. The van der Waals surface area contributed by atoms with E-state index in [-0.39, 0.29) is 7.92 Å². The molecule has 0 aromatic rings. The molecular weight excluding hydrogens is 323 g/mol. The van der Waals surface area contributed by atoms with Crippen molar-refractivity contribution in [1.29, 1.82) is 0 Å². The third-order valence-electron chi connectivity index (χ3n) is 9.68. The zero-order valence-electron chi connectivity index (χ0n) is 16.2. The van der Waals surface area contributed by atoms with Gasteiger partial charge in [0.15, 0.2) is 0 Å². The van der Waals surface area contributed by atoms with Gasteiger partial charge in [-0.05, 0) is 129 Å². The Kier molecular flexibility index (Phi) is 3.73. The van der Waals surface area contributed by atoms with E-state index in [1.807, 2.05) is 7.11 Å². The van der Waals surface area contributed by atoms with Crippen LogP contribution in [0.25, 0.3) is 0 Å². The number of methoxy groups -OCH3 is 1. The monoisotopic (exact) mass is 360 g/mol. The largest absolute Gasteiger partial charge is 0.384 e.